The van der Waals surface area contributed by atoms with Crippen molar-refractivity contribution in [2.24, 2.45) is 5.73 Å². The molecule has 1 atom stereocenters. The molecule has 1 unspecified atom stereocenters. The van der Waals surface area contributed by atoms with Gasteiger partial charge in [-0.05, 0) is 12.5 Å². The smallest absolute Gasteiger partial charge is 0.303 e. The first kappa shape index (κ1) is 14.2. The molecule has 0 amide bonds. The third kappa shape index (κ3) is 3.10. The summed E-state index contributed by atoms with van der Waals surface area (Å²) in [5.74, 6) is -1.34. The maximum absolute atomic E-state index is 14.1. The number of hydrogen-bond donors (Lipinski definition) is 2. The van der Waals surface area contributed by atoms with Crippen LogP contribution in [0.1, 0.15) is 24.4 Å². The number of benzene rings is 1. The third-order valence-electron chi connectivity index (χ3n) is 2.58. The molecule has 6 heteroatoms. The van der Waals surface area contributed by atoms with Gasteiger partial charge in [0.15, 0.2) is 17.3 Å². The zero-order chi connectivity index (χ0) is 13.7. The van der Waals surface area contributed by atoms with E-state index in [0.29, 0.717) is 0 Å². The van der Waals surface area contributed by atoms with Gasteiger partial charge in [0.2, 0.25) is 0 Å². The molecule has 1 aromatic rings. The summed E-state index contributed by atoms with van der Waals surface area (Å²) >= 11 is 0. The van der Waals surface area contributed by atoms with Crippen LogP contribution in [0, 0.1) is 5.82 Å². The summed E-state index contributed by atoms with van der Waals surface area (Å²) < 4.78 is 23.9. The standard InChI is InChI=1S/C12H16FNO4/c1-17-9-5-3-7(11(13)12(9)18-2)8(14)4-6-10(15)16/h3,5,8H,4,6,14H2,1-2H3,(H,15,16). The maximum atomic E-state index is 14.1. The molecule has 3 N–H and O–H groups in total. The van der Waals surface area contributed by atoms with Gasteiger partial charge in [0.1, 0.15) is 0 Å². The molecule has 5 nitrogen and oxygen atoms in total. The average molecular weight is 257 g/mol. The fourth-order valence-electron chi connectivity index (χ4n) is 1.63. The van der Waals surface area contributed by atoms with E-state index >= 15 is 0 Å². The van der Waals surface area contributed by atoms with E-state index in [0.717, 1.165) is 0 Å². The Morgan fingerprint density at radius 3 is 2.61 bits per heavy atom. The first-order chi connectivity index (χ1) is 8.51. The number of nitrogens with two attached hydrogens (primary N) is 1. The van der Waals surface area contributed by atoms with Gasteiger partial charge >= 0.3 is 5.97 Å². The van der Waals surface area contributed by atoms with E-state index < -0.39 is 17.8 Å². The Hall–Kier alpha value is -1.82. The van der Waals surface area contributed by atoms with Crippen LogP contribution in [-0.4, -0.2) is 25.3 Å². The average Bonchev–Trinajstić information content (AvgIpc) is 2.35. The van der Waals surface area contributed by atoms with Crippen LogP contribution < -0.4 is 15.2 Å². The van der Waals surface area contributed by atoms with Crippen LogP contribution in [0.5, 0.6) is 11.5 Å². The highest BCUT2D eigenvalue weighted by Crippen LogP contribution is 2.34. The molecule has 100 valence electrons. The maximum Gasteiger partial charge on any atom is 0.303 e. The van der Waals surface area contributed by atoms with Gasteiger partial charge in [0.25, 0.3) is 0 Å². The lowest BCUT2D eigenvalue weighted by molar-refractivity contribution is -0.137. The third-order valence-corrected chi connectivity index (χ3v) is 2.58. The summed E-state index contributed by atoms with van der Waals surface area (Å²) in [6.45, 7) is 0. The summed E-state index contributed by atoms with van der Waals surface area (Å²) in [7, 11) is 2.73. The van der Waals surface area contributed by atoms with Crippen molar-refractivity contribution in [3.05, 3.63) is 23.5 Å². The van der Waals surface area contributed by atoms with Crippen LogP contribution in [0.4, 0.5) is 4.39 Å². The van der Waals surface area contributed by atoms with Crippen LogP contribution in [0.2, 0.25) is 0 Å². The highest BCUT2D eigenvalue weighted by molar-refractivity contribution is 5.66. The van der Waals surface area contributed by atoms with Gasteiger partial charge in [-0.3, -0.25) is 4.79 Å². The summed E-state index contributed by atoms with van der Waals surface area (Å²) in [5, 5.41) is 8.57. The molecule has 0 bridgehead atoms. The van der Waals surface area contributed by atoms with Gasteiger partial charge in [0.05, 0.1) is 14.2 Å². The first-order valence-corrected chi connectivity index (χ1v) is 5.39. The molecule has 0 aromatic heterocycles. The topological polar surface area (TPSA) is 81.8 Å². The molecule has 0 aliphatic heterocycles. The number of hydrogen-bond acceptors (Lipinski definition) is 4. The molecule has 1 aromatic carbocycles. The number of carboxylic acid groups (broad SMARTS) is 1. The molecule has 0 aliphatic carbocycles. The zero-order valence-corrected chi connectivity index (χ0v) is 10.3. The molecule has 0 saturated heterocycles. The minimum absolute atomic E-state index is 0.0271. The van der Waals surface area contributed by atoms with Crippen LogP contribution in [0.25, 0.3) is 0 Å². The Morgan fingerprint density at radius 2 is 2.11 bits per heavy atom. The molecule has 0 saturated carbocycles. The SMILES string of the molecule is COc1ccc(C(N)CCC(=O)O)c(F)c1OC. The zero-order valence-electron chi connectivity index (χ0n) is 10.3. The summed E-state index contributed by atoms with van der Waals surface area (Å²) in [6, 6.07) is 2.32. The second-order valence-corrected chi connectivity index (χ2v) is 3.74. The molecule has 18 heavy (non-hydrogen) atoms. The molecule has 1 rings (SSSR count). The number of rotatable bonds is 6. The van der Waals surface area contributed by atoms with Crippen molar-refractivity contribution in [3.63, 3.8) is 0 Å². The van der Waals surface area contributed by atoms with Gasteiger partial charge in [-0.15, -0.1) is 0 Å². The summed E-state index contributed by atoms with van der Waals surface area (Å²) in [4.78, 5) is 10.4. The van der Waals surface area contributed by atoms with E-state index in [-0.39, 0.29) is 29.9 Å². The van der Waals surface area contributed by atoms with E-state index in [1.54, 1.807) is 0 Å². The quantitative estimate of drug-likeness (QED) is 0.810. The molecule has 0 radical (unpaired) electrons. The predicted molar refractivity (Wildman–Crippen MR) is 63.3 cm³/mol. The normalized spacial score (nSPS) is 12.0. The highest BCUT2D eigenvalue weighted by atomic mass is 19.1. The van der Waals surface area contributed by atoms with E-state index in [1.165, 1.54) is 26.4 Å². The van der Waals surface area contributed by atoms with Gasteiger partial charge in [-0.2, -0.15) is 0 Å². The van der Waals surface area contributed by atoms with E-state index in [9.17, 15) is 9.18 Å². The lowest BCUT2D eigenvalue weighted by Crippen LogP contribution is -2.14. The lowest BCUT2D eigenvalue weighted by atomic mass is 10.0. The van der Waals surface area contributed by atoms with Crippen molar-refractivity contribution in [2.45, 2.75) is 18.9 Å². The number of carboxylic acids is 1. The number of aliphatic carboxylic acids is 1. The van der Waals surface area contributed by atoms with E-state index in [1.807, 2.05) is 0 Å². The van der Waals surface area contributed by atoms with Gasteiger partial charge < -0.3 is 20.3 Å². The van der Waals surface area contributed by atoms with E-state index in [4.69, 9.17) is 20.3 Å². The Labute approximate surface area is 104 Å². The number of methoxy groups -OCH3 is 2. The van der Waals surface area contributed by atoms with Crippen molar-refractivity contribution in [1.82, 2.24) is 0 Å². The predicted octanol–water partition coefficient (Wildman–Crippen LogP) is 1.71. The van der Waals surface area contributed by atoms with Crippen LogP contribution in [0.3, 0.4) is 0 Å². The summed E-state index contributed by atoms with van der Waals surface area (Å²) in [5.41, 5.74) is 5.98. The molecule has 0 aliphatic rings. The van der Waals surface area contributed by atoms with E-state index in [2.05, 4.69) is 0 Å². The molecular weight excluding hydrogens is 241 g/mol. The van der Waals surface area contributed by atoms with Crippen molar-refractivity contribution in [1.29, 1.82) is 0 Å². The Kier molecular flexibility index (Phi) is 4.91. The number of ether oxygens (including phenoxy) is 2. The largest absolute Gasteiger partial charge is 0.493 e. The van der Waals surface area contributed by atoms with Gasteiger partial charge in [0, 0.05) is 18.0 Å². The van der Waals surface area contributed by atoms with Crippen molar-refractivity contribution in [2.75, 3.05) is 14.2 Å². The number of carbonyl (C=O) groups is 1. The fourth-order valence-corrected chi connectivity index (χ4v) is 1.63. The molecule has 0 spiro atoms. The Morgan fingerprint density at radius 1 is 1.44 bits per heavy atom. The second kappa shape index (κ2) is 6.20. The van der Waals surface area contributed by atoms with Crippen molar-refractivity contribution >= 4 is 5.97 Å². The van der Waals surface area contributed by atoms with Crippen LogP contribution in [0.15, 0.2) is 12.1 Å². The fraction of sp³-hybridized carbons (Fsp3) is 0.417. The molecule has 0 fully saturated rings. The van der Waals surface area contributed by atoms with Crippen molar-refractivity contribution < 1.29 is 23.8 Å². The Bertz CT molecular complexity index is 436. The highest BCUT2D eigenvalue weighted by Gasteiger charge is 2.19. The Balaban J connectivity index is 2.99. The van der Waals surface area contributed by atoms with Crippen LogP contribution >= 0.6 is 0 Å². The minimum atomic E-state index is -0.966. The van der Waals surface area contributed by atoms with Crippen LogP contribution in [-0.2, 0) is 4.79 Å². The van der Waals surface area contributed by atoms with Gasteiger partial charge in [-0.25, -0.2) is 4.39 Å². The monoisotopic (exact) mass is 257 g/mol. The van der Waals surface area contributed by atoms with Gasteiger partial charge in [-0.1, -0.05) is 6.07 Å². The minimum Gasteiger partial charge on any atom is -0.493 e. The molecular formula is C12H16FNO4. The lowest BCUT2D eigenvalue weighted by Gasteiger charge is -2.15. The summed E-state index contributed by atoms with van der Waals surface area (Å²) in [6.07, 6.45) is 0.0384. The van der Waals surface area contributed by atoms with Crippen molar-refractivity contribution in [3.8, 4) is 11.5 Å². The number of halogens is 1. The molecule has 0 heterocycles. The first-order valence-electron chi connectivity index (χ1n) is 5.39. The second-order valence-electron chi connectivity index (χ2n) is 3.74.